The molecule has 0 aliphatic carbocycles. The first-order chi connectivity index (χ1) is 22.6. The van der Waals surface area contributed by atoms with Crippen LogP contribution >= 0.6 is 0 Å². The number of carbonyl (C=O) groups is 2. The molecule has 0 unspecified atom stereocenters. The van der Waals surface area contributed by atoms with Crippen molar-refractivity contribution in [2.75, 3.05) is 52.5 Å². The van der Waals surface area contributed by atoms with E-state index in [2.05, 4.69) is 21.9 Å². The Bertz CT molecular complexity index is 1300. The summed E-state index contributed by atoms with van der Waals surface area (Å²) in [5.74, 6) is 0.542. The number of likely N-dealkylation sites (tertiary alicyclic amines) is 2. The van der Waals surface area contributed by atoms with E-state index < -0.39 is 5.79 Å². The number of aliphatic hydroxyl groups is 1. The zero-order chi connectivity index (χ0) is 33.8. The van der Waals surface area contributed by atoms with Gasteiger partial charge >= 0.3 is 11.9 Å². The Balaban J connectivity index is 0.000000215. The van der Waals surface area contributed by atoms with Gasteiger partial charge in [0.25, 0.3) is 0 Å². The number of hydrogen-bond acceptors (Lipinski definition) is 10. The third kappa shape index (κ3) is 10.7. The normalized spacial score (nSPS) is 18.7. The van der Waals surface area contributed by atoms with Gasteiger partial charge < -0.3 is 39.0 Å². The van der Waals surface area contributed by atoms with Crippen molar-refractivity contribution in [1.82, 2.24) is 9.80 Å². The summed E-state index contributed by atoms with van der Waals surface area (Å²) in [6.45, 7) is 14.5. The summed E-state index contributed by atoms with van der Waals surface area (Å²) in [6, 6.07) is 11.6. The van der Waals surface area contributed by atoms with E-state index in [1.165, 1.54) is 11.1 Å². The molecule has 0 bridgehead atoms. The SMILES string of the molecule is CCOC(=O)C1CCN(CCc2cccc(O)c2CO)CC1.CCOC(=O)C1CCN(CCc2cccc3c2COC(C)(C)O3)CC1. The molecule has 0 atom stereocenters. The quantitative estimate of drug-likeness (QED) is 0.326. The Morgan fingerprint density at radius 2 is 1.34 bits per heavy atom. The summed E-state index contributed by atoms with van der Waals surface area (Å²) in [5.41, 5.74) is 4.06. The van der Waals surface area contributed by atoms with Crippen LogP contribution in [0.5, 0.6) is 11.5 Å². The molecule has 2 aromatic carbocycles. The molecule has 3 aliphatic heterocycles. The summed E-state index contributed by atoms with van der Waals surface area (Å²) in [5, 5.41) is 19.1. The average Bonchev–Trinajstić information content (AvgIpc) is 3.07. The number of nitrogens with zero attached hydrogens (tertiary/aromatic N) is 2. The van der Waals surface area contributed by atoms with Crippen molar-refractivity contribution in [3.05, 3.63) is 58.7 Å². The number of carbonyl (C=O) groups excluding carboxylic acids is 2. The molecule has 10 heteroatoms. The molecule has 2 aromatic rings. The molecule has 10 nitrogen and oxygen atoms in total. The van der Waals surface area contributed by atoms with Crippen LogP contribution < -0.4 is 4.74 Å². The maximum absolute atomic E-state index is 11.8. The topological polar surface area (TPSA) is 118 Å². The molecular formula is C37H54N2O8. The molecular weight excluding hydrogens is 600 g/mol. The molecule has 2 N–H and O–H groups in total. The lowest BCUT2D eigenvalue weighted by atomic mass is 9.96. The maximum atomic E-state index is 11.8. The Labute approximate surface area is 279 Å². The van der Waals surface area contributed by atoms with E-state index >= 15 is 0 Å². The highest BCUT2D eigenvalue weighted by molar-refractivity contribution is 5.73. The molecule has 0 radical (unpaired) electrons. The molecule has 2 fully saturated rings. The van der Waals surface area contributed by atoms with Crippen LogP contribution in [0.4, 0.5) is 0 Å². The van der Waals surface area contributed by atoms with E-state index in [9.17, 15) is 19.8 Å². The number of benzene rings is 2. The number of fused-ring (bicyclic) bond motifs is 1. The average molecular weight is 655 g/mol. The summed E-state index contributed by atoms with van der Waals surface area (Å²) < 4.78 is 21.9. The highest BCUT2D eigenvalue weighted by Crippen LogP contribution is 2.33. The van der Waals surface area contributed by atoms with E-state index in [1.807, 2.05) is 39.8 Å². The lowest BCUT2D eigenvalue weighted by Gasteiger charge is -2.34. The van der Waals surface area contributed by atoms with Crippen LogP contribution in [0.15, 0.2) is 36.4 Å². The van der Waals surface area contributed by atoms with Crippen molar-refractivity contribution in [3.8, 4) is 11.5 Å². The summed E-state index contributed by atoms with van der Waals surface area (Å²) >= 11 is 0. The van der Waals surface area contributed by atoms with Gasteiger partial charge in [0, 0.05) is 38.1 Å². The first-order valence-electron chi connectivity index (χ1n) is 17.3. The van der Waals surface area contributed by atoms with Gasteiger partial charge in [0.05, 0.1) is 38.3 Å². The number of ether oxygens (including phenoxy) is 4. The van der Waals surface area contributed by atoms with Crippen molar-refractivity contribution in [2.45, 2.75) is 85.2 Å². The number of piperidine rings is 2. The lowest BCUT2D eigenvalue weighted by molar-refractivity contribution is -0.180. The van der Waals surface area contributed by atoms with Crippen LogP contribution in [0.25, 0.3) is 0 Å². The Morgan fingerprint density at radius 1 is 0.830 bits per heavy atom. The van der Waals surface area contributed by atoms with Gasteiger partial charge in [-0.3, -0.25) is 9.59 Å². The molecule has 3 aliphatic rings. The lowest BCUT2D eigenvalue weighted by Crippen LogP contribution is -2.38. The number of esters is 2. The first kappa shape index (κ1) is 36.7. The molecule has 2 saturated heterocycles. The van der Waals surface area contributed by atoms with Gasteiger partial charge in [0.15, 0.2) is 0 Å². The number of aromatic hydroxyl groups is 1. The summed E-state index contributed by atoms with van der Waals surface area (Å²) in [7, 11) is 0. The molecule has 0 spiro atoms. The Hall–Kier alpha value is -3.18. The van der Waals surface area contributed by atoms with Gasteiger partial charge in [-0.25, -0.2) is 0 Å². The molecule has 47 heavy (non-hydrogen) atoms. The van der Waals surface area contributed by atoms with Crippen molar-refractivity contribution < 1.29 is 38.7 Å². The number of aliphatic hydroxyl groups excluding tert-OH is 1. The zero-order valence-electron chi connectivity index (χ0n) is 28.7. The fourth-order valence-electron chi connectivity index (χ4n) is 6.54. The third-order valence-corrected chi connectivity index (χ3v) is 9.37. The van der Waals surface area contributed by atoms with Gasteiger partial charge in [-0.1, -0.05) is 24.3 Å². The fraction of sp³-hybridized carbons (Fsp3) is 0.622. The van der Waals surface area contributed by atoms with Crippen molar-refractivity contribution in [2.24, 2.45) is 11.8 Å². The van der Waals surface area contributed by atoms with E-state index in [4.69, 9.17) is 18.9 Å². The maximum Gasteiger partial charge on any atom is 0.309 e. The monoisotopic (exact) mass is 654 g/mol. The Kier molecular flexibility index (Phi) is 13.9. The van der Waals surface area contributed by atoms with E-state index in [0.29, 0.717) is 25.4 Å². The molecule has 0 aromatic heterocycles. The summed E-state index contributed by atoms with van der Waals surface area (Å²) in [4.78, 5) is 28.3. The standard InChI is InChI=1S/C20H29NO4.C17H25NO4/c1-4-23-19(22)16-9-12-21(13-10-16)11-8-15-6-5-7-18-17(15)14-24-20(2,3)25-18;1-2-22-17(21)14-7-10-18(11-8-14)9-6-13-4-3-5-16(20)15(13)12-19/h5-7,16H,4,8-14H2,1-3H3;3-5,14,19-20H,2,6-12H2,1H3. The van der Waals surface area contributed by atoms with Crippen LogP contribution in [0, 0.1) is 11.8 Å². The fourth-order valence-corrected chi connectivity index (χ4v) is 6.54. The van der Waals surface area contributed by atoms with Gasteiger partial charge in [-0.2, -0.15) is 0 Å². The van der Waals surface area contributed by atoms with Gasteiger partial charge in [0.1, 0.15) is 11.5 Å². The second-order valence-electron chi connectivity index (χ2n) is 13.0. The van der Waals surface area contributed by atoms with E-state index in [1.54, 1.807) is 12.1 Å². The molecule has 260 valence electrons. The second-order valence-corrected chi connectivity index (χ2v) is 13.0. The van der Waals surface area contributed by atoms with Crippen molar-refractivity contribution >= 4 is 11.9 Å². The third-order valence-electron chi connectivity index (χ3n) is 9.37. The molecule has 5 rings (SSSR count). The van der Waals surface area contributed by atoms with E-state index in [-0.39, 0.29) is 36.1 Å². The second kappa shape index (κ2) is 17.8. The largest absolute Gasteiger partial charge is 0.508 e. The van der Waals surface area contributed by atoms with Gasteiger partial charge in [0.2, 0.25) is 5.79 Å². The van der Waals surface area contributed by atoms with Gasteiger partial charge in [-0.15, -0.1) is 0 Å². The van der Waals surface area contributed by atoms with Crippen molar-refractivity contribution in [1.29, 1.82) is 0 Å². The minimum atomic E-state index is -0.555. The Morgan fingerprint density at radius 3 is 1.87 bits per heavy atom. The highest BCUT2D eigenvalue weighted by atomic mass is 16.7. The van der Waals surface area contributed by atoms with Crippen molar-refractivity contribution in [3.63, 3.8) is 0 Å². The van der Waals surface area contributed by atoms with Gasteiger partial charge in [-0.05, 0) is 102 Å². The molecule has 0 amide bonds. The van der Waals surface area contributed by atoms with Crippen LogP contribution in [0.2, 0.25) is 0 Å². The predicted octanol–water partition coefficient (Wildman–Crippen LogP) is 4.85. The number of rotatable bonds is 11. The zero-order valence-corrected chi connectivity index (χ0v) is 28.7. The number of hydrogen-bond donors (Lipinski definition) is 2. The smallest absolute Gasteiger partial charge is 0.309 e. The van der Waals surface area contributed by atoms with Crippen LogP contribution in [0.1, 0.15) is 75.6 Å². The molecule has 0 saturated carbocycles. The minimum Gasteiger partial charge on any atom is -0.508 e. The molecule has 3 heterocycles. The van der Waals surface area contributed by atoms with Crippen LogP contribution in [-0.2, 0) is 49.9 Å². The van der Waals surface area contributed by atoms with Crippen LogP contribution in [0.3, 0.4) is 0 Å². The highest BCUT2D eigenvalue weighted by Gasteiger charge is 2.30. The van der Waals surface area contributed by atoms with E-state index in [0.717, 1.165) is 89.1 Å². The number of phenols is 1. The summed E-state index contributed by atoms with van der Waals surface area (Å²) in [6.07, 6.45) is 5.23. The first-order valence-corrected chi connectivity index (χ1v) is 17.3. The minimum absolute atomic E-state index is 0.0313. The predicted molar refractivity (Wildman–Crippen MR) is 179 cm³/mol. The van der Waals surface area contributed by atoms with Crippen LogP contribution in [-0.4, -0.2) is 90.2 Å².